The fourth-order valence-electron chi connectivity index (χ4n) is 2.64. The van der Waals surface area contributed by atoms with E-state index in [-0.39, 0.29) is 11.9 Å². The summed E-state index contributed by atoms with van der Waals surface area (Å²) < 4.78 is 5.58. The minimum absolute atomic E-state index is 0.0688. The Morgan fingerprint density at radius 3 is 2.75 bits per heavy atom. The van der Waals surface area contributed by atoms with E-state index in [4.69, 9.17) is 4.74 Å². The van der Waals surface area contributed by atoms with Crippen LogP contribution in [0.15, 0.2) is 0 Å². The Bertz CT molecular complexity index is 268. The van der Waals surface area contributed by atoms with Crippen molar-refractivity contribution in [2.45, 2.75) is 45.4 Å². The van der Waals surface area contributed by atoms with Gasteiger partial charge in [-0.3, -0.25) is 9.69 Å². The number of nitrogens with zero attached hydrogens (tertiary/aromatic N) is 1. The fourth-order valence-corrected chi connectivity index (χ4v) is 2.64. The molecule has 2 fully saturated rings. The lowest BCUT2D eigenvalue weighted by Crippen LogP contribution is -2.49. The standard InChI is InChI=1S/C12H22N2O2/c1-8(2)12(13-9(3)15)6-14-5-11-4-10(14)7-16-11/h8,10-12H,4-7H2,1-3H3,(H,13,15)/t10?,11-,12-/m1/s1. The number of nitrogens with one attached hydrogen (secondary N) is 1. The molecule has 0 aliphatic carbocycles. The first-order valence-corrected chi connectivity index (χ1v) is 6.19. The van der Waals surface area contributed by atoms with Crippen molar-refractivity contribution >= 4 is 5.91 Å². The highest BCUT2D eigenvalue weighted by molar-refractivity contribution is 5.73. The van der Waals surface area contributed by atoms with Crippen molar-refractivity contribution in [1.29, 1.82) is 0 Å². The van der Waals surface area contributed by atoms with Gasteiger partial charge in [-0.15, -0.1) is 0 Å². The summed E-state index contributed by atoms with van der Waals surface area (Å²) in [6.45, 7) is 8.77. The van der Waals surface area contributed by atoms with Gasteiger partial charge in [-0.05, 0) is 12.3 Å². The largest absolute Gasteiger partial charge is 0.375 e. The van der Waals surface area contributed by atoms with E-state index in [9.17, 15) is 4.79 Å². The van der Waals surface area contributed by atoms with Crippen LogP contribution >= 0.6 is 0 Å². The number of carbonyl (C=O) groups excluding carboxylic acids is 1. The highest BCUT2D eigenvalue weighted by Gasteiger charge is 2.39. The molecular weight excluding hydrogens is 204 g/mol. The van der Waals surface area contributed by atoms with Crippen molar-refractivity contribution in [1.82, 2.24) is 10.2 Å². The van der Waals surface area contributed by atoms with Crippen LogP contribution in [0, 0.1) is 5.92 Å². The maximum absolute atomic E-state index is 11.1. The number of amides is 1. The van der Waals surface area contributed by atoms with Gasteiger partial charge in [0.25, 0.3) is 0 Å². The second-order valence-corrected chi connectivity index (χ2v) is 5.35. The van der Waals surface area contributed by atoms with Crippen LogP contribution in [-0.4, -0.2) is 48.7 Å². The quantitative estimate of drug-likeness (QED) is 0.764. The van der Waals surface area contributed by atoms with E-state index < -0.39 is 0 Å². The normalized spacial score (nSPS) is 31.0. The van der Waals surface area contributed by atoms with Gasteiger partial charge in [-0.1, -0.05) is 13.8 Å². The number of hydrogen-bond acceptors (Lipinski definition) is 3. The van der Waals surface area contributed by atoms with Crippen LogP contribution in [0.4, 0.5) is 0 Å². The number of likely N-dealkylation sites (tertiary alicyclic amines) is 1. The Balaban J connectivity index is 1.88. The summed E-state index contributed by atoms with van der Waals surface area (Å²) in [7, 11) is 0. The molecule has 0 radical (unpaired) electrons. The monoisotopic (exact) mass is 226 g/mol. The number of fused-ring (bicyclic) bond motifs is 2. The SMILES string of the molecule is CC(=O)N[C@H](CN1C[C@H]2CC1CO2)C(C)C. The smallest absolute Gasteiger partial charge is 0.217 e. The molecule has 2 aliphatic heterocycles. The van der Waals surface area contributed by atoms with E-state index >= 15 is 0 Å². The highest BCUT2D eigenvalue weighted by atomic mass is 16.5. The molecular formula is C12H22N2O2. The summed E-state index contributed by atoms with van der Waals surface area (Å²) in [5.41, 5.74) is 0. The average Bonchev–Trinajstić information content (AvgIpc) is 2.77. The van der Waals surface area contributed by atoms with Gasteiger partial charge >= 0.3 is 0 Å². The summed E-state index contributed by atoms with van der Waals surface area (Å²) in [6, 6.07) is 0.844. The third-order valence-corrected chi connectivity index (χ3v) is 3.64. The van der Waals surface area contributed by atoms with Crippen LogP contribution in [0.5, 0.6) is 0 Å². The van der Waals surface area contributed by atoms with E-state index in [0.717, 1.165) is 19.7 Å². The lowest BCUT2D eigenvalue weighted by atomic mass is 10.0. The molecule has 1 amide bonds. The number of carbonyl (C=O) groups is 1. The molecule has 3 atom stereocenters. The molecule has 2 saturated heterocycles. The molecule has 92 valence electrons. The minimum atomic E-state index is 0.0688. The summed E-state index contributed by atoms with van der Waals surface area (Å²) in [5, 5.41) is 3.04. The van der Waals surface area contributed by atoms with E-state index in [1.54, 1.807) is 6.92 Å². The predicted octanol–water partition coefficient (Wildman–Crippen LogP) is 0.620. The number of ether oxygens (including phenoxy) is 1. The molecule has 16 heavy (non-hydrogen) atoms. The first-order chi connectivity index (χ1) is 7.56. The van der Waals surface area contributed by atoms with E-state index in [2.05, 4.69) is 24.1 Å². The van der Waals surface area contributed by atoms with Crippen LogP contribution in [0.1, 0.15) is 27.2 Å². The zero-order valence-corrected chi connectivity index (χ0v) is 10.4. The van der Waals surface area contributed by atoms with Crippen molar-refractivity contribution in [3.63, 3.8) is 0 Å². The second-order valence-electron chi connectivity index (χ2n) is 5.35. The van der Waals surface area contributed by atoms with Crippen molar-refractivity contribution in [2.75, 3.05) is 19.7 Å². The van der Waals surface area contributed by atoms with E-state index in [1.165, 1.54) is 6.42 Å². The first kappa shape index (κ1) is 11.9. The van der Waals surface area contributed by atoms with E-state index in [0.29, 0.717) is 18.1 Å². The zero-order valence-electron chi connectivity index (χ0n) is 10.4. The maximum atomic E-state index is 11.1. The van der Waals surface area contributed by atoms with Crippen molar-refractivity contribution in [3.8, 4) is 0 Å². The molecule has 0 saturated carbocycles. The summed E-state index contributed by atoms with van der Waals surface area (Å²) in [6.07, 6.45) is 1.61. The predicted molar refractivity (Wildman–Crippen MR) is 62.2 cm³/mol. The zero-order chi connectivity index (χ0) is 11.7. The van der Waals surface area contributed by atoms with Crippen LogP contribution in [0.3, 0.4) is 0 Å². The molecule has 2 rings (SSSR count). The van der Waals surface area contributed by atoms with Crippen molar-refractivity contribution in [3.05, 3.63) is 0 Å². The Kier molecular flexibility index (Phi) is 3.50. The Hall–Kier alpha value is -0.610. The molecule has 1 N–H and O–H groups in total. The molecule has 1 unspecified atom stereocenters. The molecule has 2 heterocycles. The minimum Gasteiger partial charge on any atom is -0.375 e. The molecule has 0 spiro atoms. The van der Waals surface area contributed by atoms with Gasteiger partial charge in [0.05, 0.1) is 12.7 Å². The lowest BCUT2D eigenvalue weighted by molar-refractivity contribution is -0.120. The topological polar surface area (TPSA) is 41.6 Å². The van der Waals surface area contributed by atoms with Gasteiger partial charge in [-0.2, -0.15) is 0 Å². The fraction of sp³-hybridized carbons (Fsp3) is 0.917. The molecule has 0 aromatic rings. The van der Waals surface area contributed by atoms with Gasteiger partial charge < -0.3 is 10.1 Å². The Morgan fingerprint density at radius 2 is 2.31 bits per heavy atom. The number of morpholine rings is 1. The summed E-state index contributed by atoms with van der Waals surface area (Å²) in [4.78, 5) is 13.6. The van der Waals surface area contributed by atoms with Crippen molar-refractivity contribution in [2.24, 2.45) is 5.92 Å². The van der Waals surface area contributed by atoms with Gasteiger partial charge in [-0.25, -0.2) is 0 Å². The molecule has 0 aromatic heterocycles. The third-order valence-electron chi connectivity index (χ3n) is 3.64. The lowest BCUT2D eigenvalue weighted by Gasteiger charge is -2.32. The van der Waals surface area contributed by atoms with Crippen LogP contribution in [0.25, 0.3) is 0 Å². The third kappa shape index (κ3) is 2.55. The van der Waals surface area contributed by atoms with Crippen LogP contribution in [-0.2, 0) is 9.53 Å². The molecule has 4 heteroatoms. The summed E-state index contributed by atoms with van der Waals surface area (Å²) >= 11 is 0. The van der Waals surface area contributed by atoms with Crippen LogP contribution in [0.2, 0.25) is 0 Å². The molecule has 2 bridgehead atoms. The van der Waals surface area contributed by atoms with E-state index in [1.807, 2.05) is 0 Å². The summed E-state index contributed by atoms with van der Waals surface area (Å²) in [5.74, 6) is 0.545. The first-order valence-electron chi connectivity index (χ1n) is 6.19. The molecule has 0 aromatic carbocycles. The Labute approximate surface area is 97.3 Å². The van der Waals surface area contributed by atoms with Crippen molar-refractivity contribution < 1.29 is 9.53 Å². The molecule has 2 aliphatic rings. The number of hydrogen-bond donors (Lipinski definition) is 1. The van der Waals surface area contributed by atoms with Gasteiger partial charge in [0.2, 0.25) is 5.91 Å². The number of rotatable bonds is 4. The van der Waals surface area contributed by atoms with Gasteiger partial charge in [0.15, 0.2) is 0 Å². The highest BCUT2D eigenvalue weighted by Crippen LogP contribution is 2.28. The maximum Gasteiger partial charge on any atom is 0.217 e. The van der Waals surface area contributed by atoms with Gasteiger partial charge in [0, 0.05) is 32.1 Å². The molecule has 4 nitrogen and oxygen atoms in total. The second kappa shape index (κ2) is 4.72. The van der Waals surface area contributed by atoms with Crippen LogP contribution < -0.4 is 5.32 Å². The average molecular weight is 226 g/mol. The van der Waals surface area contributed by atoms with Gasteiger partial charge in [0.1, 0.15) is 0 Å². The Morgan fingerprint density at radius 1 is 1.56 bits per heavy atom.